The van der Waals surface area contributed by atoms with E-state index < -0.39 is 18.0 Å². The minimum atomic E-state index is -1.08. The summed E-state index contributed by atoms with van der Waals surface area (Å²) in [5.41, 5.74) is 4.61. The quantitative estimate of drug-likeness (QED) is 0.379. The van der Waals surface area contributed by atoms with Gasteiger partial charge in [0.15, 0.2) is 0 Å². The van der Waals surface area contributed by atoms with Gasteiger partial charge in [0.25, 0.3) is 0 Å². The molecule has 2 aromatic carbocycles. The van der Waals surface area contributed by atoms with Gasteiger partial charge in [-0.2, -0.15) is 0 Å². The first kappa shape index (κ1) is 23.6. The number of aliphatic carboxylic acids is 2. The van der Waals surface area contributed by atoms with Gasteiger partial charge in [0, 0.05) is 29.8 Å². The molecule has 1 atom stereocenters. The highest BCUT2D eigenvalue weighted by atomic mass is 16.4. The van der Waals surface area contributed by atoms with Gasteiger partial charge in [-0.05, 0) is 54.6 Å². The molecule has 1 unspecified atom stereocenters. The molecule has 3 heterocycles. The Morgan fingerprint density at radius 2 is 1.43 bits per heavy atom. The van der Waals surface area contributed by atoms with Gasteiger partial charge < -0.3 is 25.7 Å². The Morgan fingerprint density at radius 3 is 2.05 bits per heavy atom. The molecule has 3 aromatic rings. The molecule has 1 aromatic heterocycles. The summed E-state index contributed by atoms with van der Waals surface area (Å²) in [4.78, 5) is 30.1. The van der Waals surface area contributed by atoms with E-state index in [0.29, 0.717) is 23.6 Å². The average Bonchev–Trinajstić information content (AvgIpc) is 2.94. The van der Waals surface area contributed by atoms with Gasteiger partial charge in [0.05, 0.1) is 34.3 Å². The normalized spacial score (nSPS) is 16.7. The van der Waals surface area contributed by atoms with Crippen LogP contribution in [-0.2, 0) is 9.59 Å². The van der Waals surface area contributed by atoms with Crippen LogP contribution >= 0.6 is 0 Å². The third-order valence-corrected chi connectivity index (χ3v) is 6.03. The van der Waals surface area contributed by atoms with Crippen LogP contribution in [0.1, 0.15) is 11.7 Å². The number of pyridine rings is 1. The molecular formula is C29H24N4O4. The number of para-hydroxylation sites is 2. The van der Waals surface area contributed by atoms with E-state index >= 15 is 0 Å². The number of benzene rings is 2. The van der Waals surface area contributed by atoms with Crippen molar-refractivity contribution < 1.29 is 19.8 Å². The van der Waals surface area contributed by atoms with Crippen LogP contribution in [0.3, 0.4) is 0 Å². The van der Waals surface area contributed by atoms with E-state index in [1.165, 1.54) is 12.2 Å². The van der Waals surface area contributed by atoms with Crippen LogP contribution in [0.4, 0.5) is 17.1 Å². The summed E-state index contributed by atoms with van der Waals surface area (Å²) in [6.07, 6.45) is 7.84. The average molecular weight is 493 g/mol. The summed E-state index contributed by atoms with van der Waals surface area (Å²) in [7, 11) is 0. The Morgan fingerprint density at radius 1 is 0.811 bits per heavy atom. The second-order valence-corrected chi connectivity index (χ2v) is 8.46. The smallest absolute Gasteiger partial charge is 0.335 e. The van der Waals surface area contributed by atoms with Gasteiger partial charge in [-0.1, -0.05) is 42.5 Å². The number of carbonyl (C=O) groups is 2. The van der Waals surface area contributed by atoms with E-state index in [9.17, 15) is 19.8 Å². The van der Waals surface area contributed by atoms with Crippen LogP contribution < -0.4 is 15.5 Å². The second-order valence-electron chi connectivity index (χ2n) is 8.46. The van der Waals surface area contributed by atoms with Crippen LogP contribution in [0, 0.1) is 0 Å². The van der Waals surface area contributed by atoms with E-state index in [-0.39, 0.29) is 11.1 Å². The maximum Gasteiger partial charge on any atom is 0.335 e. The standard InChI is InChI=1S/C29H24N4O4/c34-28(35)19-11-13-30-24(15-19)26-16-20(29(36)37)17-27(32-26)25-18-23(12-14-31-25)33(21-7-3-1-4-8-21)22-9-5-2-6-10-22/h1-12,14-18,27,30,32H,13H2,(H,34,35)(H,36,37). The lowest BCUT2D eigenvalue weighted by molar-refractivity contribution is -0.133. The fraction of sp³-hybridized carbons (Fsp3) is 0.0690. The topological polar surface area (TPSA) is 115 Å². The van der Waals surface area contributed by atoms with Crippen LogP contribution in [0.5, 0.6) is 0 Å². The van der Waals surface area contributed by atoms with Gasteiger partial charge in [-0.3, -0.25) is 4.98 Å². The number of aromatic nitrogens is 1. The molecule has 37 heavy (non-hydrogen) atoms. The molecule has 0 saturated carbocycles. The first-order valence-electron chi connectivity index (χ1n) is 11.7. The van der Waals surface area contributed by atoms with Crippen molar-refractivity contribution in [3.05, 3.63) is 132 Å². The number of hydrogen-bond acceptors (Lipinski definition) is 6. The number of carboxylic acid groups (broad SMARTS) is 2. The third-order valence-electron chi connectivity index (χ3n) is 6.03. The molecule has 8 nitrogen and oxygen atoms in total. The van der Waals surface area contributed by atoms with Gasteiger partial charge in [0.1, 0.15) is 0 Å². The maximum absolute atomic E-state index is 12.0. The van der Waals surface area contributed by atoms with Gasteiger partial charge in [-0.25, -0.2) is 9.59 Å². The van der Waals surface area contributed by atoms with E-state index in [1.54, 1.807) is 18.3 Å². The van der Waals surface area contributed by atoms with Gasteiger partial charge >= 0.3 is 11.9 Å². The number of hydrogen-bond donors (Lipinski definition) is 4. The van der Waals surface area contributed by atoms with E-state index in [1.807, 2.05) is 72.8 Å². The minimum absolute atomic E-state index is 0.0862. The molecule has 0 amide bonds. The van der Waals surface area contributed by atoms with E-state index in [0.717, 1.165) is 17.1 Å². The van der Waals surface area contributed by atoms with Gasteiger partial charge in [-0.15, -0.1) is 0 Å². The summed E-state index contributed by atoms with van der Waals surface area (Å²) in [6.45, 7) is 0.320. The molecule has 8 heteroatoms. The number of nitrogens with zero attached hydrogens (tertiary/aromatic N) is 2. The Bertz CT molecular complexity index is 1420. The third kappa shape index (κ3) is 5.13. The largest absolute Gasteiger partial charge is 0.478 e. The Labute approximate surface area is 213 Å². The summed E-state index contributed by atoms with van der Waals surface area (Å²) in [6, 6.07) is 23.1. The van der Waals surface area contributed by atoms with E-state index in [2.05, 4.69) is 20.5 Å². The number of nitrogens with one attached hydrogen (secondary N) is 2. The highest BCUT2D eigenvalue weighted by Gasteiger charge is 2.24. The second kappa shape index (κ2) is 10.2. The fourth-order valence-corrected chi connectivity index (χ4v) is 4.29. The minimum Gasteiger partial charge on any atom is -0.478 e. The summed E-state index contributed by atoms with van der Waals surface area (Å²) < 4.78 is 0. The molecule has 2 aliphatic heterocycles. The zero-order valence-electron chi connectivity index (χ0n) is 19.7. The monoisotopic (exact) mass is 492 g/mol. The van der Waals surface area contributed by atoms with Crippen molar-refractivity contribution in [2.45, 2.75) is 6.04 Å². The van der Waals surface area contributed by atoms with Crippen molar-refractivity contribution in [2.75, 3.05) is 11.4 Å². The lowest BCUT2D eigenvalue weighted by Gasteiger charge is -2.28. The Balaban J connectivity index is 1.53. The van der Waals surface area contributed by atoms with Crippen molar-refractivity contribution >= 4 is 29.0 Å². The summed E-state index contributed by atoms with van der Waals surface area (Å²) >= 11 is 0. The summed E-state index contributed by atoms with van der Waals surface area (Å²) in [5, 5.41) is 25.6. The number of carboxylic acids is 2. The molecule has 0 spiro atoms. The molecular weight excluding hydrogens is 468 g/mol. The number of anilines is 3. The highest BCUT2D eigenvalue weighted by Crippen LogP contribution is 2.35. The SMILES string of the molecule is O=C(O)C1=CCNC(C2=CC(C(=O)O)=CC(c3cc(N(c4ccccc4)c4ccccc4)ccn3)N2)=C1. The number of rotatable bonds is 7. The first-order chi connectivity index (χ1) is 18.0. The first-order valence-corrected chi connectivity index (χ1v) is 11.7. The van der Waals surface area contributed by atoms with Crippen LogP contribution in [0.2, 0.25) is 0 Å². The molecule has 184 valence electrons. The van der Waals surface area contributed by atoms with Crippen molar-refractivity contribution in [1.29, 1.82) is 0 Å². The molecule has 5 rings (SSSR count). The predicted octanol–water partition coefficient (Wildman–Crippen LogP) is 4.59. The molecule has 0 fully saturated rings. The lowest BCUT2D eigenvalue weighted by Crippen LogP contribution is -2.31. The summed E-state index contributed by atoms with van der Waals surface area (Å²) in [5.74, 6) is -2.13. The van der Waals surface area contributed by atoms with Crippen molar-refractivity contribution in [2.24, 2.45) is 0 Å². The van der Waals surface area contributed by atoms with Crippen molar-refractivity contribution in [1.82, 2.24) is 15.6 Å². The van der Waals surface area contributed by atoms with E-state index in [4.69, 9.17) is 0 Å². The Kier molecular flexibility index (Phi) is 6.54. The zero-order valence-corrected chi connectivity index (χ0v) is 19.7. The molecule has 0 radical (unpaired) electrons. The maximum atomic E-state index is 12.0. The molecule has 4 N–H and O–H groups in total. The van der Waals surface area contributed by atoms with Crippen molar-refractivity contribution in [3.63, 3.8) is 0 Å². The Hall–Kier alpha value is -5.11. The lowest BCUT2D eigenvalue weighted by atomic mass is 9.99. The zero-order chi connectivity index (χ0) is 25.8. The van der Waals surface area contributed by atoms with Crippen molar-refractivity contribution in [3.8, 4) is 0 Å². The molecule has 0 bridgehead atoms. The highest BCUT2D eigenvalue weighted by molar-refractivity contribution is 5.92. The molecule has 2 aliphatic rings. The van der Waals surface area contributed by atoms with Crippen LogP contribution in [0.25, 0.3) is 0 Å². The fourth-order valence-electron chi connectivity index (χ4n) is 4.29. The van der Waals surface area contributed by atoms with Crippen LogP contribution in [0.15, 0.2) is 126 Å². The van der Waals surface area contributed by atoms with Crippen LogP contribution in [-0.4, -0.2) is 33.7 Å². The number of dihydropyridines is 2. The molecule has 0 saturated heterocycles. The van der Waals surface area contributed by atoms with Gasteiger partial charge in [0.2, 0.25) is 0 Å². The molecule has 0 aliphatic carbocycles. The predicted molar refractivity (Wildman–Crippen MR) is 140 cm³/mol.